The Balaban J connectivity index is 1.60. The van der Waals surface area contributed by atoms with Crippen LogP contribution in [0.4, 0.5) is 0 Å². The number of benzene rings is 3. The van der Waals surface area contributed by atoms with E-state index in [0.717, 1.165) is 34.4 Å². The number of aryl methyl sites for hydroxylation is 1. The monoisotopic (exact) mass is 547 g/mol. The van der Waals surface area contributed by atoms with Crippen molar-refractivity contribution in [3.8, 4) is 17.2 Å². The summed E-state index contributed by atoms with van der Waals surface area (Å²) in [5, 5.41) is 26.6. The van der Waals surface area contributed by atoms with Crippen LogP contribution in [0.25, 0.3) is 10.8 Å². The number of halogens is 1. The van der Waals surface area contributed by atoms with Crippen LogP contribution >= 0.6 is 11.6 Å². The average Bonchev–Trinajstić information content (AvgIpc) is 3.20. The molecule has 8 nitrogen and oxygen atoms in total. The highest BCUT2D eigenvalue weighted by molar-refractivity contribution is 6.35. The highest BCUT2D eigenvalue weighted by Crippen LogP contribution is 2.56. The molecule has 0 spiro atoms. The molecule has 0 saturated carbocycles. The van der Waals surface area contributed by atoms with Crippen LogP contribution in [0.3, 0.4) is 0 Å². The highest BCUT2D eigenvalue weighted by atomic mass is 35.5. The maximum absolute atomic E-state index is 13.7. The number of carbonyl (C=O) groups is 3. The maximum Gasteiger partial charge on any atom is 0.259 e. The molecule has 200 valence electrons. The largest absolute Gasteiger partial charge is 0.507 e. The Labute approximate surface area is 229 Å². The number of hydrogen-bond donors (Lipinski definition) is 3. The lowest BCUT2D eigenvalue weighted by atomic mass is 9.71. The van der Waals surface area contributed by atoms with Gasteiger partial charge in [-0.2, -0.15) is 0 Å². The van der Waals surface area contributed by atoms with Gasteiger partial charge in [0.25, 0.3) is 5.91 Å². The van der Waals surface area contributed by atoms with Crippen LogP contribution in [0.1, 0.15) is 47.8 Å². The van der Waals surface area contributed by atoms with Crippen molar-refractivity contribution in [2.45, 2.75) is 39.2 Å². The summed E-state index contributed by atoms with van der Waals surface area (Å²) in [6.07, 6.45) is 1.88. The minimum absolute atomic E-state index is 0.0124. The number of amides is 1. The molecule has 1 aliphatic heterocycles. The van der Waals surface area contributed by atoms with Gasteiger partial charge in [0, 0.05) is 29.1 Å². The lowest BCUT2D eigenvalue weighted by Crippen LogP contribution is -2.38. The van der Waals surface area contributed by atoms with Crippen molar-refractivity contribution in [1.29, 1.82) is 0 Å². The van der Waals surface area contributed by atoms with Gasteiger partial charge in [-0.05, 0) is 42.8 Å². The van der Waals surface area contributed by atoms with E-state index in [-0.39, 0.29) is 40.7 Å². The molecule has 39 heavy (non-hydrogen) atoms. The molecule has 0 aromatic heterocycles. The van der Waals surface area contributed by atoms with E-state index < -0.39 is 34.2 Å². The predicted octanol–water partition coefficient (Wildman–Crippen LogP) is 5.22. The van der Waals surface area contributed by atoms with E-state index in [2.05, 4.69) is 5.32 Å². The molecule has 0 bridgehead atoms. The second-order valence-corrected chi connectivity index (χ2v) is 10.0. The van der Waals surface area contributed by atoms with Crippen LogP contribution in [0.15, 0.2) is 59.6 Å². The van der Waals surface area contributed by atoms with Crippen molar-refractivity contribution < 1.29 is 34.1 Å². The zero-order valence-corrected chi connectivity index (χ0v) is 22.5. The molecule has 1 atom stereocenters. The maximum atomic E-state index is 13.7. The number of hydrogen-bond acceptors (Lipinski definition) is 7. The fourth-order valence-corrected chi connectivity index (χ4v) is 5.76. The van der Waals surface area contributed by atoms with Gasteiger partial charge in [0.05, 0.1) is 12.7 Å². The normalized spacial score (nSPS) is 17.9. The molecule has 1 aliphatic carbocycles. The number of phenols is 1. The van der Waals surface area contributed by atoms with Gasteiger partial charge in [-0.15, -0.1) is 0 Å². The quantitative estimate of drug-likeness (QED) is 0.362. The molecular weight excluding hydrogens is 522 g/mol. The molecule has 3 N–H and O–H groups in total. The number of fused-ring (bicyclic) bond motifs is 4. The smallest absolute Gasteiger partial charge is 0.259 e. The van der Waals surface area contributed by atoms with Crippen LogP contribution in [0, 0.1) is 0 Å². The minimum atomic E-state index is -1.63. The molecule has 2 aliphatic rings. The van der Waals surface area contributed by atoms with E-state index >= 15 is 0 Å². The van der Waals surface area contributed by atoms with Crippen molar-refractivity contribution in [3.63, 3.8) is 0 Å². The Morgan fingerprint density at radius 1 is 1.18 bits per heavy atom. The number of rotatable bonds is 6. The molecular formula is C30H26ClNO7. The van der Waals surface area contributed by atoms with Gasteiger partial charge in [-0.25, -0.2) is 0 Å². The van der Waals surface area contributed by atoms with Crippen molar-refractivity contribution in [1.82, 2.24) is 5.32 Å². The Hall–Kier alpha value is -4.30. The molecule has 0 radical (unpaired) electrons. The summed E-state index contributed by atoms with van der Waals surface area (Å²) >= 11 is 6.54. The fourth-order valence-electron chi connectivity index (χ4n) is 5.46. The van der Waals surface area contributed by atoms with Crippen molar-refractivity contribution in [2.24, 2.45) is 0 Å². The third kappa shape index (κ3) is 3.86. The standard InChI is InChI=1S/C30H26ClNO7/c1-5-15-9-10-16-7-6-8-18(31)24(16)17(15)13-32-29(37)25-21(38-4)11-20(35)26-27(25)39-22-12-19(34)23(14(2)33)28(36)30(22,26)3/h6-12,34-35H,5,13H2,1-4H3,(H,32,37)/t30-/m1/s1. The fraction of sp³-hybridized carbons (Fsp3) is 0.233. The summed E-state index contributed by atoms with van der Waals surface area (Å²) in [7, 11) is 1.34. The van der Waals surface area contributed by atoms with Gasteiger partial charge in [-0.3, -0.25) is 14.4 Å². The van der Waals surface area contributed by atoms with E-state index in [1.165, 1.54) is 27.0 Å². The van der Waals surface area contributed by atoms with Gasteiger partial charge < -0.3 is 25.0 Å². The Morgan fingerprint density at radius 2 is 1.92 bits per heavy atom. The third-order valence-electron chi connectivity index (χ3n) is 7.44. The summed E-state index contributed by atoms with van der Waals surface area (Å²) in [6, 6.07) is 10.8. The van der Waals surface area contributed by atoms with Gasteiger partial charge in [0.1, 0.15) is 39.6 Å². The number of methoxy groups -OCH3 is 1. The third-order valence-corrected chi connectivity index (χ3v) is 7.75. The van der Waals surface area contributed by atoms with Gasteiger partial charge in [0.2, 0.25) is 0 Å². The Kier molecular flexibility index (Phi) is 6.39. The molecule has 3 aromatic carbocycles. The van der Waals surface area contributed by atoms with Gasteiger partial charge >= 0.3 is 0 Å². The summed E-state index contributed by atoms with van der Waals surface area (Å²) in [4.78, 5) is 39.3. The number of ketones is 2. The van der Waals surface area contributed by atoms with Crippen LogP contribution in [0.2, 0.25) is 5.02 Å². The first-order chi connectivity index (χ1) is 18.5. The second-order valence-electron chi connectivity index (χ2n) is 9.64. The molecule has 9 heteroatoms. The first-order valence-corrected chi connectivity index (χ1v) is 12.7. The average molecular weight is 548 g/mol. The molecule has 0 saturated heterocycles. The predicted molar refractivity (Wildman–Crippen MR) is 146 cm³/mol. The summed E-state index contributed by atoms with van der Waals surface area (Å²) < 4.78 is 11.4. The van der Waals surface area contributed by atoms with Crippen molar-refractivity contribution >= 4 is 39.8 Å². The van der Waals surface area contributed by atoms with E-state index in [4.69, 9.17) is 21.1 Å². The number of nitrogens with one attached hydrogen (secondary N) is 1. The summed E-state index contributed by atoms with van der Waals surface area (Å²) in [5.74, 6) is -2.92. The number of aromatic hydroxyl groups is 1. The van der Waals surface area contributed by atoms with Crippen LogP contribution in [-0.2, 0) is 28.0 Å². The SMILES string of the molecule is CCc1ccc2cccc(Cl)c2c1CNC(=O)c1c(OC)cc(O)c2c1OC1=CC(O)=C(C(C)=O)C(=O)[C@]12C. The molecule has 1 amide bonds. The summed E-state index contributed by atoms with van der Waals surface area (Å²) in [5.41, 5.74) is -0.183. The topological polar surface area (TPSA) is 122 Å². The zero-order chi connectivity index (χ0) is 28.2. The first kappa shape index (κ1) is 26.3. The van der Waals surface area contributed by atoms with Crippen molar-refractivity contribution in [2.75, 3.05) is 7.11 Å². The van der Waals surface area contributed by atoms with Gasteiger partial charge in [0.15, 0.2) is 17.3 Å². The minimum Gasteiger partial charge on any atom is -0.507 e. The lowest BCUT2D eigenvalue weighted by Gasteiger charge is -2.27. The second kappa shape index (κ2) is 9.47. The zero-order valence-electron chi connectivity index (χ0n) is 21.8. The first-order valence-electron chi connectivity index (χ1n) is 12.3. The number of allylic oxidation sites excluding steroid dienone is 3. The number of phenolic OH excluding ortho intramolecular Hbond substituents is 1. The Morgan fingerprint density at radius 3 is 2.59 bits per heavy atom. The van der Waals surface area contributed by atoms with Crippen LogP contribution < -0.4 is 14.8 Å². The Bertz CT molecular complexity index is 1670. The molecule has 1 heterocycles. The molecule has 5 rings (SSSR count). The summed E-state index contributed by atoms with van der Waals surface area (Å²) in [6.45, 7) is 4.79. The number of ether oxygens (including phenoxy) is 2. The lowest BCUT2D eigenvalue weighted by molar-refractivity contribution is -0.123. The van der Waals surface area contributed by atoms with E-state index in [0.29, 0.717) is 5.02 Å². The molecule has 0 unspecified atom stereocenters. The van der Waals surface area contributed by atoms with E-state index in [9.17, 15) is 24.6 Å². The van der Waals surface area contributed by atoms with E-state index in [1.807, 2.05) is 31.2 Å². The van der Waals surface area contributed by atoms with Crippen molar-refractivity contribution in [3.05, 3.63) is 86.8 Å². The molecule has 0 fully saturated rings. The number of aliphatic hydroxyl groups excluding tert-OH is 1. The van der Waals surface area contributed by atoms with E-state index in [1.54, 1.807) is 6.07 Å². The molecule has 3 aromatic rings. The van der Waals surface area contributed by atoms with Crippen LogP contribution in [-0.4, -0.2) is 34.8 Å². The van der Waals surface area contributed by atoms with Crippen LogP contribution in [0.5, 0.6) is 17.2 Å². The number of Topliss-reactive ketones (excluding diaryl/α,β-unsaturated/α-hetero) is 2. The van der Waals surface area contributed by atoms with Gasteiger partial charge in [-0.1, -0.05) is 42.8 Å². The number of aliphatic hydroxyl groups is 1. The number of carbonyl (C=O) groups excluding carboxylic acids is 3. The highest BCUT2D eigenvalue weighted by Gasteiger charge is 2.55.